The number of hydrogen-bond donors (Lipinski definition) is 1. The standard InChI is InChI=1S/C21H19NO4S/c1-3-25-21(24)19-17(15-8-6-14(2)7-9-15)13-27-20(19)22-18(23)11-10-16-5-4-12-26-16/h4-13H,3H2,1-2H3,(H,22,23)/b11-10+. The Labute approximate surface area is 161 Å². The molecule has 0 bridgehead atoms. The molecule has 0 unspecified atom stereocenters. The summed E-state index contributed by atoms with van der Waals surface area (Å²) in [6, 6.07) is 11.3. The maximum absolute atomic E-state index is 12.5. The molecule has 1 aromatic carbocycles. The minimum absolute atomic E-state index is 0.258. The summed E-state index contributed by atoms with van der Waals surface area (Å²) in [5.41, 5.74) is 3.13. The molecule has 0 saturated heterocycles. The van der Waals surface area contributed by atoms with Gasteiger partial charge in [0, 0.05) is 17.0 Å². The lowest BCUT2D eigenvalue weighted by Gasteiger charge is -2.08. The largest absolute Gasteiger partial charge is 0.465 e. The normalized spacial score (nSPS) is 10.9. The van der Waals surface area contributed by atoms with Crippen molar-refractivity contribution in [2.45, 2.75) is 13.8 Å². The molecule has 0 fully saturated rings. The van der Waals surface area contributed by atoms with E-state index in [1.165, 1.54) is 23.7 Å². The molecular weight excluding hydrogens is 362 g/mol. The number of carbonyl (C=O) groups is 2. The number of anilines is 1. The van der Waals surface area contributed by atoms with E-state index >= 15 is 0 Å². The highest BCUT2D eigenvalue weighted by Gasteiger charge is 2.22. The highest BCUT2D eigenvalue weighted by molar-refractivity contribution is 7.15. The summed E-state index contributed by atoms with van der Waals surface area (Å²) < 4.78 is 10.4. The van der Waals surface area contributed by atoms with Gasteiger partial charge in [0.1, 0.15) is 16.3 Å². The van der Waals surface area contributed by atoms with Crippen molar-refractivity contribution in [1.82, 2.24) is 0 Å². The van der Waals surface area contributed by atoms with Crippen LogP contribution in [-0.2, 0) is 9.53 Å². The third-order valence-corrected chi connectivity index (χ3v) is 4.71. The molecule has 5 nitrogen and oxygen atoms in total. The molecule has 27 heavy (non-hydrogen) atoms. The number of amides is 1. The molecule has 2 aromatic heterocycles. The lowest BCUT2D eigenvalue weighted by molar-refractivity contribution is -0.111. The van der Waals surface area contributed by atoms with Crippen LogP contribution in [0.2, 0.25) is 0 Å². The molecule has 1 N–H and O–H groups in total. The number of esters is 1. The summed E-state index contributed by atoms with van der Waals surface area (Å²) in [5, 5.41) is 5.07. The number of ether oxygens (including phenoxy) is 1. The molecular formula is C21H19NO4S. The monoisotopic (exact) mass is 381 g/mol. The highest BCUT2D eigenvalue weighted by atomic mass is 32.1. The van der Waals surface area contributed by atoms with Crippen molar-refractivity contribution in [1.29, 1.82) is 0 Å². The van der Waals surface area contributed by atoms with Crippen LogP contribution in [0.4, 0.5) is 5.00 Å². The first kappa shape index (κ1) is 18.7. The summed E-state index contributed by atoms with van der Waals surface area (Å²) in [4.78, 5) is 24.8. The van der Waals surface area contributed by atoms with Crippen LogP contribution in [0.3, 0.4) is 0 Å². The van der Waals surface area contributed by atoms with Crippen molar-refractivity contribution in [2.75, 3.05) is 11.9 Å². The van der Waals surface area contributed by atoms with Gasteiger partial charge in [0.15, 0.2) is 0 Å². The third kappa shape index (κ3) is 4.54. The van der Waals surface area contributed by atoms with E-state index in [0.29, 0.717) is 16.3 Å². The van der Waals surface area contributed by atoms with E-state index < -0.39 is 5.97 Å². The van der Waals surface area contributed by atoms with Gasteiger partial charge >= 0.3 is 5.97 Å². The van der Waals surface area contributed by atoms with E-state index in [4.69, 9.17) is 9.15 Å². The molecule has 3 rings (SSSR count). The highest BCUT2D eigenvalue weighted by Crippen LogP contribution is 2.36. The maximum atomic E-state index is 12.5. The van der Waals surface area contributed by atoms with Gasteiger partial charge in [-0.2, -0.15) is 0 Å². The average molecular weight is 381 g/mol. The predicted octanol–water partition coefficient (Wildman–Crippen LogP) is 5.15. The number of hydrogen-bond acceptors (Lipinski definition) is 5. The average Bonchev–Trinajstić information content (AvgIpc) is 3.31. The van der Waals surface area contributed by atoms with Crippen LogP contribution < -0.4 is 5.32 Å². The fourth-order valence-electron chi connectivity index (χ4n) is 2.50. The molecule has 0 aliphatic heterocycles. The smallest absolute Gasteiger partial charge is 0.341 e. The van der Waals surface area contributed by atoms with Crippen molar-refractivity contribution in [3.63, 3.8) is 0 Å². The first-order chi connectivity index (χ1) is 13.1. The lowest BCUT2D eigenvalue weighted by Crippen LogP contribution is -2.12. The molecule has 0 atom stereocenters. The molecule has 0 spiro atoms. The second-order valence-electron chi connectivity index (χ2n) is 5.78. The Bertz CT molecular complexity index is 953. The van der Waals surface area contributed by atoms with Crippen LogP contribution in [0.5, 0.6) is 0 Å². The van der Waals surface area contributed by atoms with Crippen molar-refractivity contribution >= 4 is 34.3 Å². The number of carbonyl (C=O) groups excluding carboxylic acids is 2. The van der Waals surface area contributed by atoms with E-state index in [9.17, 15) is 9.59 Å². The minimum atomic E-state index is -0.459. The van der Waals surface area contributed by atoms with Gasteiger partial charge in [0.2, 0.25) is 5.91 Å². The van der Waals surface area contributed by atoms with Crippen LogP contribution in [0.15, 0.2) is 58.5 Å². The van der Waals surface area contributed by atoms with Crippen molar-refractivity contribution in [3.8, 4) is 11.1 Å². The van der Waals surface area contributed by atoms with E-state index in [0.717, 1.165) is 16.7 Å². The Morgan fingerprint density at radius 3 is 2.67 bits per heavy atom. The number of nitrogens with one attached hydrogen (secondary N) is 1. The zero-order chi connectivity index (χ0) is 19.2. The third-order valence-electron chi connectivity index (χ3n) is 3.81. The van der Waals surface area contributed by atoms with E-state index in [1.807, 2.05) is 36.6 Å². The quantitative estimate of drug-likeness (QED) is 0.474. The topological polar surface area (TPSA) is 68.5 Å². The van der Waals surface area contributed by atoms with Crippen molar-refractivity contribution in [2.24, 2.45) is 0 Å². The molecule has 0 radical (unpaired) electrons. The number of aryl methyl sites for hydroxylation is 1. The van der Waals surface area contributed by atoms with Crippen LogP contribution >= 0.6 is 11.3 Å². The van der Waals surface area contributed by atoms with Gasteiger partial charge in [-0.15, -0.1) is 11.3 Å². The first-order valence-electron chi connectivity index (χ1n) is 8.46. The van der Waals surface area contributed by atoms with Crippen molar-refractivity contribution < 1.29 is 18.7 Å². The number of furan rings is 1. The van der Waals surface area contributed by atoms with Crippen molar-refractivity contribution in [3.05, 3.63) is 71.0 Å². The fourth-order valence-corrected chi connectivity index (χ4v) is 3.46. The van der Waals surface area contributed by atoms with Crippen LogP contribution in [0.1, 0.15) is 28.6 Å². The molecule has 3 aromatic rings. The van der Waals surface area contributed by atoms with Gasteiger partial charge in [0.05, 0.1) is 12.9 Å². The summed E-state index contributed by atoms with van der Waals surface area (Å²) in [5.74, 6) is -0.240. The molecule has 0 aliphatic carbocycles. The van der Waals surface area contributed by atoms with Gasteiger partial charge in [0.25, 0.3) is 0 Å². The Morgan fingerprint density at radius 2 is 2.00 bits per heavy atom. The molecule has 2 heterocycles. The number of benzene rings is 1. The zero-order valence-corrected chi connectivity index (χ0v) is 15.8. The van der Waals surface area contributed by atoms with Crippen LogP contribution in [0.25, 0.3) is 17.2 Å². The molecule has 1 amide bonds. The zero-order valence-electron chi connectivity index (χ0n) is 15.0. The number of rotatable bonds is 6. The maximum Gasteiger partial charge on any atom is 0.341 e. The summed E-state index contributed by atoms with van der Waals surface area (Å²) in [6.45, 7) is 4.01. The van der Waals surface area contributed by atoms with E-state index in [2.05, 4.69) is 5.32 Å². The summed E-state index contributed by atoms with van der Waals surface area (Å²) >= 11 is 1.29. The van der Waals surface area contributed by atoms with Gasteiger partial charge in [-0.3, -0.25) is 4.79 Å². The lowest BCUT2D eigenvalue weighted by atomic mass is 10.0. The summed E-state index contributed by atoms with van der Waals surface area (Å²) in [7, 11) is 0. The van der Waals surface area contributed by atoms with Gasteiger partial charge in [-0.05, 0) is 37.6 Å². The van der Waals surface area contributed by atoms with Crippen LogP contribution in [-0.4, -0.2) is 18.5 Å². The van der Waals surface area contributed by atoms with Gasteiger partial charge in [-0.25, -0.2) is 4.79 Å². The molecule has 0 aliphatic rings. The van der Waals surface area contributed by atoms with Crippen LogP contribution in [0, 0.1) is 6.92 Å². The summed E-state index contributed by atoms with van der Waals surface area (Å²) in [6.07, 6.45) is 4.45. The second-order valence-corrected chi connectivity index (χ2v) is 6.66. The Hall–Kier alpha value is -3.12. The molecule has 6 heteroatoms. The fraction of sp³-hybridized carbons (Fsp3) is 0.143. The predicted molar refractivity (Wildman–Crippen MR) is 107 cm³/mol. The molecule has 138 valence electrons. The second kappa shape index (κ2) is 8.51. The number of thiophene rings is 1. The van der Waals surface area contributed by atoms with Gasteiger partial charge < -0.3 is 14.5 Å². The Balaban J connectivity index is 1.89. The van der Waals surface area contributed by atoms with E-state index in [-0.39, 0.29) is 12.5 Å². The molecule has 0 saturated carbocycles. The Kier molecular flexibility index (Phi) is 5.88. The van der Waals surface area contributed by atoms with E-state index in [1.54, 1.807) is 25.1 Å². The SMILES string of the molecule is CCOC(=O)c1c(-c2ccc(C)cc2)csc1NC(=O)/C=C/c1ccco1. The Morgan fingerprint density at radius 1 is 1.22 bits per heavy atom. The first-order valence-corrected chi connectivity index (χ1v) is 9.34. The minimum Gasteiger partial charge on any atom is -0.465 e. The van der Waals surface area contributed by atoms with Gasteiger partial charge in [-0.1, -0.05) is 29.8 Å².